The van der Waals surface area contributed by atoms with Gasteiger partial charge in [0.05, 0.1) is 19.5 Å². The third kappa shape index (κ3) is 17.3. The van der Waals surface area contributed by atoms with Crippen molar-refractivity contribution in [2.75, 3.05) is 37.8 Å². The van der Waals surface area contributed by atoms with E-state index in [0.717, 1.165) is 29.0 Å². The predicted octanol–water partition coefficient (Wildman–Crippen LogP) is -1.84. The van der Waals surface area contributed by atoms with E-state index in [9.17, 15) is 62.7 Å². The van der Waals surface area contributed by atoms with Gasteiger partial charge in [-0.2, -0.15) is 4.31 Å². The molecule has 1 aliphatic rings. The Kier molecular flexibility index (Phi) is 21.9. The Labute approximate surface area is 357 Å². The number of ether oxygens (including phenoxy) is 1. The Morgan fingerprint density at radius 2 is 1.66 bits per heavy atom. The molecular weight excluding hydrogens is 853 g/mol. The number of carbonyl (C=O) groups is 4. The van der Waals surface area contributed by atoms with Crippen molar-refractivity contribution in [1.82, 2.24) is 30.2 Å². The van der Waals surface area contributed by atoms with Crippen LogP contribution in [0.4, 0.5) is 5.82 Å². The number of carboxylic acids is 1. The second kappa shape index (κ2) is 23.4. The summed E-state index contributed by atoms with van der Waals surface area (Å²) in [6.45, 7) is 0.273. The van der Waals surface area contributed by atoms with Crippen LogP contribution in [0, 0.1) is 5.41 Å². The number of anilines is 1. The smallest absolute Gasteiger partial charge is 0.481 e. The Morgan fingerprint density at radius 1 is 1.00 bits per heavy atom. The molecule has 0 aromatic carbocycles. The van der Waals surface area contributed by atoms with E-state index in [4.69, 9.17) is 24.6 Å². The van der Waals surface area contributed by atoms with Crippen molar-refractivity contribution in [3.05, 3.63) is 12.7 Å². The maximum absolute atomic E-state index is 12.7. The number of nitrogens with one attached hydrogen (secondary N) is 2. The van der Waals surface area contributed by atoms with E-state index >= 15 is 0 Å². The van der Waals surface area contributed by atoms with E-state index in [-0.39, 0.29) is 104 Å². The molecule has 11 N–H and O–H groups in total. The number of nitrogens with zero attached hydrogens (tertiary/aromatic N) is 4. The fourth-order valence-electron chi connectivity index (χ4n) is 4.75. The third-order valence-corrected chi connectivity index (χ3v) is 11.6. The minimum absolute atomic E-state index is 0. The number of nitrogen functional groups attached to an aromatic ring is 1. The molecule has 318 valence electrons. The molecule has 3 heterocycles. The maximum atomic E-state index is 12.7. The number of carbonyl (C=O) groups excluding carboxylic acids is 3. The predicted molar refractivity (Wildman–Crippen MR) is 200 cm³/mol. The number of fused-ring (bicyclic) bond motifs is 1. The number of hydrogen-bond acceptors (Lipinski definition) is 19. The Balaban J connectivity index is 0.00000841. The third-order valence-electron chi connectivity index (χ3n) is 7.54. The number of hydrogen-bond donors (Lipinski definition) is 10. The fourth-order valence-corrected chi connectivity index (χ4v) is 8.30. The van der Waals surface area contributed by atoms with Crippen molar-refractivity contribution >= 4 is 113 Å². The van der Waals surface area contributed by atoms with Gasteiger partial charge in [-0.25, -0.2) is 28.6 Å². The number of aliphatic hydroxyl groups excluding tert-OH is 2. The van der Waals surface area contributed by atoms with Gasteiger partial charge in [0.25, 0.3) is 0 Å². The first kappa shape index (κ1) is 54.2. The summed E-state index contributed by atoms with van der Waals surface area (Å²) in [6, 6.07) is 0. The van der Waals surface area contributed by atoms with Gasteiger partial charge in [0.2, 0.25) is 11.8 Å². The Bertz CT molecular complexity index is 1880. The quantitative estimate of drug-likeness (QED) is 0.0333. The summed E-state index contributed by atoms with van der Waals surface area (Å²) in [5.74, 6) is -2.33. The molecule has 1 saturated heterocycles. The number of aliphatic carboxylic acids is 1. The molecule has 1 aliphatic heterocycles. The van der Waals surface area contributed by atoms with Crippen LogP contribution in [-0.4, -0.2) is 172 Å². The van der Waals surface area contributed by atoms with Crippen molar-refractivity contribution < 1.29 is 90.4 Å². The standard InChI is InChI=1S/C26H42N7O19P3S.2Li/c1-26(2,21(39)24(40)29-7-6-15(34)28-8-9-56-17(37)5-3-4-16(35)36)11-49-55(46,47)52-54(44,45)48-10-14-20(51-53(41,42)43)19(38)25(50-14)33-13-32-18-22(27)30-12-31-23(18)33;;/h12-14,19-21,25,38-39H,3-11H2,1-2H3,(H,28,34)(H,29,40)(H,35,36)(H,44,45)(H,46,47)(H2,27,30,31)(H2,41,42,43);;/t14-,19-,20-,21+,25-;;/m1../s1. The number of thioether (sulfide) groups is 1. The first-order chi connectivity index (χ1) is 25.9. The van der Waals surface area contributed by atoms with Crippen LogP contribution in [0.1, 0.15) is 45.8 Å². The van der Waals surface area contributed by atoms with Crippen LogP contribution >= 0.6 is 35.2 Å². The number of phosphoric acid groups is 3. The van der Waals surface area contributed by atoms with Crippen LogP contribution in [0.2, 0.25) is 0 Å². The topological polar surface area (TPSA) is 401 Å². The first-order valence-electron chi connectivity index (χ1n) is 16.2. The number of carboxylic acid groups (broad SMARTS) is 1. The summed E-state index contributed by atoms with van der Waals surface area (Å²) in [7, 11) is -16.4. The second-order valence-electron chi connectivity index (χ2n) is 12.5. The minimum atomic E-state index is -5.58. The molecule has 58 heavy (non-hydrogen) atoms. The molecule has 2 aromatic rings. The average molecular weight is 896 g/mol. The average Bonchev–Trinajstić information content (AvgIpc) is 3.64. The Hall–Kier alpha value is -1.78. The molecule has 2 aromatic heterocycles. The molecule has 32 heteroatoms. The Morgan fingerprint density at radius 3 is 2.29 bits per heavy atom. The van der Waals surface area contributed by atoms with E-state index in [1.165, 1.54) is 13.8 Å². The molecular formula is C26H42Li2N7O19P3S. The number of imidazole rings is 1. The van der Waals surface area contributed by atoms with Gasteiger partial charge >= 0.3 is 29.4 Å². The molecule has 7 atom stereocenters. The van der Waals surface area contributed by atoms with Gasteiger partial charge in [-0.1, -0.05) is 25.6 Å². The summed E-state index contributed by atoms with van der Waals surface area (Å²) in [6.07, 6.45) is -6.92. The summed E-state index contributed by atoms with van der Waals surface area (Å²) >= 11 is 0.929. The molecule has 3 rings (SSSR count). The molecule has 0 spiro atoms. The van der Waals surface area contributed by atoms with Crippen LogP contribution < -0.4 is 16.4 Å². The molecule has 1 fully saturated rings. The van der Waals surface area contributed by atoms with Crippen LogP contribution in [-0.2, 0) is 55.5 Å². The number of nitrogens with two attached hydrogens (primary N) is 1. The molecule has 2 amide bonds. The van der Waals surface area contributed by atoms with E-state index in [0.29, 0.717) is 0 Å². The van der Waals surface area contributed by atoms with Gasteiger partial charge in [0.1, 0.15) is 36.3 Å². The van der Waals surface area contributed by atoms with Crippen LogP contribution in [0.25, 0.3) is 11.2 Å². The zero-order chi connectivity index (χ0) is 42.1. The molecule has 0 bridgehead atoms. The number of aromatic nitrogens is 4. The van der Waals surface area contributed by atoms with Crippen molar-refractivity contribution in [3.8, 4) is 0 Å². The number of aliphatic hydroxyl groups is 2. The summed E-state index contributed by atoms with van der Waals surface area (Å²) in [5, 5.41) is 34.6. The monoisotopic (exact) mass is 895 g/mol. The van der Waals surface area contributed by atoms with Crippen molar-refractivity contribution in [1.29, 1.82) is 0 Å². The summed E-state index contributed by atoms with van der Waals surface area (Å²) in [4.78, 5) is 97.6. The number of phosphoric ester groups is 3. The second-order valence-corrected chi connectivity index (χ2v) is 17.9. The maximum Gasteiger partial charge on any atom is 0.481 e. The molecule has 26 nitrogen and oxygen atoms in total. The first-order valence-corrected chi connectivity index (χ1v) is 21.7. The van der Waals surface area contributed by atoms with Crippen molar-refractivity contribution in [3.63, 3.8) is 0 Å². The minimum Gasteiger partial charge on any atom is -0.481 e. The fraction of sp³-hybridized carbons (Fsp3) is 0.654. The normalized spacial score (nSPS) is 20.8. The summed E-state index contributed by atoms with van der Waals surface area (Å²) in [5.41, 5.74) is 4.21. The zero-order valence-electron chi connectivity index (χ0n) is 31.6. The molecule has 0 saturated carbocycles. The van der Waals surface area contributed by atoms with Gasteiger partial charge in [-0.3, -0.25) is 37.3 Å². The van der Waals surface area contributed by atoms with Crippen LogP contribution in [0.3, 0.4) is 0 Å². The van der Waals surface area contributed by atoms with Crippen LogP contribution in [0.15, 0.2) is 12.7 Å². The molecule has 2 unspecified atom stereocenters. The molecule has 2 radical (unpaired) electrons. The number of rotatable bonds is 23. The van der Waals surface area contributed by atoms with Crippen molar-refractivity contribution in [2.24, 2.45) is 5.41 Å². The van der Waals surface area contributed by atoms with Gasteiger partial charge < -0.3 is 56.0 Å². The number of amides is 2. The zero-order valence-corrected chi connectivity index (χ0v) is 35.1. The van der Waals surface area contributed by atoms with E-state index < -0.39 is 90.5 Å². The van der Waals surface area contributed by atoms with E-state index in [2.05, 4.69) is 34.4 Å². The largest absolute Gasteiger partial charge is 0.481 e. The van der Waals surface area contributed by atoms with E-state index in [1.54, 1.807) is 0 Å². The van der Waals surface area contributed by atoms with Crippen molar-refractivity contribution in [2.45, 2.75) is 70.2 Å². The SMILES string of the molecule is CC(C)(COP(=O)(O)OP(=O)(O)OC[C@H]1O[C@@H](n2cnc3c(N)ncnc32)[C@H](O)[C@@H]1OP(=O)(O)O)[C@@H](O)C(=O)NCCC(=O)NCCSC(=O)CCCC(=O)O.[Li].[Li]. The van der Waals surface area contributed by atoms with Crippen LogP contribution in [0.5, 0.6) is 0 Å². The van der Waals surface area contributed by atoms with E-state index in [1.807, 2.05) is 0 Å². The van der Waals surface area contributed by atoms with Gasteiger partial charge in [0.15, 0.2) is 22.8 Å². The molecule has 0 aliphatic carbocycles. The van der Waals surface area contributed by atoms with Gasteiger partial charge in [0, 0.05) is 81.2 Å². The summed E-state index contributed by atoms with van der Waals surface area (Å²) < 4.78 is 61.9. The van der Waals surface area contributed by atoms with Gasteiger partial charge in [-0.05, 0) is 6.42 Å². The van der Waals surface area contributed by atoms with Gasteiger partial charge in [-0.15, -0.1) is 0 Å².